The molecule has 0 aromatic heterocycles. The van der Waals surface area contributed by atoms with Crippen LogP contribution in [0.15, 0.2) is 118 Å². The van der Waals surface area contributed by atoms with Gasteiger partial charge in [-0.2, -0.15) is 0 Å². The zero-order chi connectivity index (χ0) is 24.7. The summed E-state index contributed by atoms with van der Waals surface area (Å²) >= 11 is 3.43. The highest BCUT2D eigenvalue weighted by Crippen LogP contribution is 2.32. The molecule has 0 bridgehead atoms. The summed E-state index contributed by atoms with van der Waals surface area (Å²) in [6.45, 7) is 0.797. The Hall–Kier alpha value is -4.16. The molecule has 0 saturated heterocycles. The van der Waals surface area contributed by atoms with Crippen LogP contribution in [-0.4, -0.2) is 11.9 Å². The number of esters is 1. The van der Waals surface area contributed by atoms with Gasteiger partial charge in [-0.1, -0.05) is 88.7 Å². The second-order valence-corrected chi connectivity index (χ2v) is 9.02. The van der Waals surface area contributed by atoms with Gasteiger partial charge in [-0.15, -0.1) is 0 Å². The Morgan fingerprint density at radius 3 is 2.08 bits per heavy atom. The first-order valence-electron chi connectivity index (χ1n) is 11.4. The molecule has 0 atom stereocenters. The molecular formula is C30H22BrNO4. The van der Waals surface area contributed by atoms with Crippen LogP contribution < -0.4 is 9.47 Å². The molecule has 0 fully saturated rings. The molecule has 5 nitrogen and oxygen atoms in total. The summed E-state index contributed by atoms with van der Waals surface area (Å²) in [5.74, 6) is 0.966. The topological polar surface area (TPSA) is 57.1 Å². The number of aliphatic imine (C=N–C) groups is 1. The lowest BCUT2D eigenvalue weighted by atomic mass is 10.1. The Kier molecular flexibility index (Phi) is 7.24. The number of cyclic esters (lactones) is 1. The van der Waals surface area contributed by atoms with E-state index in [1.54, 1.807) is 6.08 Å². The van der Waals surface area contributed by atoms with Crippen molar-refractivity contribution < 1.29 is 19.0 Å². The molecule has 1 aliphatic heterocycles. The number of benzene rings is 4. The van der Waals surface area contributed by atoms with Gasteiger partial charge in [-0.3, -0.25) is 0 Å². The number of carbonyl (C=O) groups is 1. The summed E-state index contributed by atoms with van der Waals surface area (Å²) in [4.78, 5) is 16.9. The third-order valence-corrected chi connectivity index (χ3v) is 5.93. The van der Waals surface area contributed by atoms with E-state index in [2.05, 4.69) is 20.9 Å². The van der Waals surface area contributed by atoms with Crippen LogP contribution in [-0.2, 0) is 22.7 Å². The van der Waals surface area contributed by atoms with Gasteiger partial charge < -0.3 is 14.2 Å². The molecule has 0 radical (unpaired) electrons. The average Bonchev–Trinajstić information content (AvgIpc) is 3.28. The maximum Gasteiger partial charge on any atom is 0.363 e. The van der Waals surface area contributed by atoms with Gasteiger partial charge in [0.15, 0.2) is 17.2 Å². The van der Waals surface area contributed by atoms with Crippen LogP contribution in [0.5, 0.6) is 11.5 Å². The van der Waals surface area contributed by atoms with Gasteiger partial charge in [-0.25, -0.2) is 9.79 Å². The molecule has 0 unspecified atom stereocenters. The van der Waals surface area contributed by atoms with Crippen molar-refractivity contribution in [2.75, 3.05) is 0 Å². The molecule has 6 heteroatoms. The van der Waals surface area contributed by atoms with Crippen LogP contribution in [0.1, 0.15) is 22.3 Å². The third-order valence-electron chi connectivity index (χ3n) is 5.44. The molecular weight excluding hydrogens is 518 g/mol. The predicted molar refractivity (Wildman–Crippen MR) is 143 cm³/mol. The first-order valence-corrected chi connectivity index (χ1v) is 12.2. The molecule has 0 amide bonds. The normalized spacial score (nSPS) is 13.9. The molecule has 0 saturated carbocycles. The average molecular weight is 540 g/mol. The fourth-order valence-electron chi connectivity index (χ4n) is 3.63. The first kappa shape index (κ1) is 23.6. The molecule has 36 heavy (non-hydrogen) atoms. The van der Waals surface area contributed by atoms with Crippen molar-refractivity contribution in [3.05, 3.63) is 136 Å². The lowest BCUT2D eigenvalue weighted by Gasteiger charge is -2.14. The van der Waals surface area contributed by atoms with Crippen LogP contribution in [0.4, 0.5) is 0 Å². The Labute approximate surface area is 217 Å². The van der Waals surface area contributed by atoms with Gasteiger partial charge in [0.05, 0.1) is 0 Å². The Bertz CT molecular complexity index is 1430. The lowest BCUT2D eigenvalue weighted by Crippen LogP contribution is -2.05. The monoisotopic (exact) mass is 539 g/mol. The van der Waals surface area contributed by atoms with Crippen LogP contribution in [0, 0.1) is 0 Å². The number of halogens is 1. The van der Waals surface area contributed by atoms with E-state index in [1.807, 2.05) is 103 Å². The van der Waals surface area contributed by atoms with Gasteiger partial charge in [0, 0.05) is 10.0 Å². The largest absolute Gasteiger partial charge is 0.485 e. The standard InChI is InChI=1S/C30H22BrNO4/c31-25-13-7-12-24(18-25)29-32-26(30(33)36-29)16-23-14-15-27(34-19-21-8-3-1-4-9-21)28(17-23)35-20-22-10-5-2-6-11-22/h1-18H,19-20H2/b26-16-. The molecule has 1 heterocycles. The Morgan fingerprint density at radius 1 is 0.750 bits per heavy atom. The van der Waals surface area contributed by atoms with E-state index < -0.39 is 5.97 Å². The van der Waals surface area contributed by atoms with E-state index in [0.717, 1.165) is 26.7 Å². The van der Waals surface area contributed by atoms with E-state index in [-0.39, 0.29) is 11.6 Å². The van der Waals surface area contributed by atoms with E-state index >= 15 is 0 Å². The van der Waals surface area contributed by atoms with Crippen LogP contribution in [0.3, 0.4) is 0 Å². The molecule has 4 aromatic carbocycles. The van der Waals surface area contributed by atoms with E-state index in [4.69, 9.17) is 14.2 Å². The summed E-state index contributed by atoms with van der Waals surface area (Å²) in [6, 6.07) is 32.9. The van der Waals surface area contributed by atoms with E-state index in [1.165, 1.54) is 0 Å². The minimum atomic E-state index is -0.499. The highest BCUT2D eigenvalue weighted by atomic mass is 79.9. The maximum absolute atomic E-state index is 12.5. The van der Waals surface area contributed by atoms with Crippen LogP contribution >= 0.6 is 15.9 Å². The fraction of sp³-hybridized carbons (Fsp3) is 0.0667. The van der Waals surface area contributed by atoms with Gasteiger partial charge in [0.1, 0.15) is 13.2 Å². The molecule has 0 aliphatic carbocycles. The number of nitrogens with zero attached hydrogens (tertiary/aromatic N) is 1. The third kappa shape index (κ3) is 5.90. The van der Waals surface area contributed by atoms with Crippen LogP contribution in [0.25, 0.3) is 6.08 Å². The molecule has 1 aliphatic rings. The van der Waals surface area contributed by atoms with E-state index in [9.17, 15) is 4.79 Å². The van der Waals surface area contributed by atoms with Crippen molar-refractivity contribution in [3.8, 4) is 11.5 Å². The summed E-state index contributed by atoms with van der Waals surface area (Å²) in [5, 5.41) is 0. The molecule has 4 aromatic rings. The maximum atomic E-state index is 12.5. The summed E-state index contributed by atoms with van der Waals surface area (Å²) in [5.41, 5.74) is 3.78. The first-order chi connectivity index (χ1) is 17.6. The smallest absolute Gasteiger partial charge is 0.363 e. The van der Waals surface area contributed by atoms with Crippen molar-refractivity contribution in [2.24, 2.45) is 4.99 Å². The fourth-order valence-corrected chi connectivity index (χ4v) is 4.03. The van der Waals surface area contributed by atoms with Crippen molar-refractivity contribution in [1.29, 1.82) is 0 Å². The number of rotatable bonds is 8. The highest BCUT2D eigenvalue weighted by molar-refractivity contribution is 9.10. The zero-order valence-electron chi connectivity index (χ0n) is 19.3. The lowest BCUT2D eigenvalue weighted by molar-refractivity contribution is -0.129. The minimum Gasteiger partial charge on any atom is -0.485 e. The zero-order valence-corrected chi connectivity index (χ0v) is 20.9. The van der Waals surface area contributed by atoms with Crippen molar-refractivity contribution in [1.82, 2.24) is 0 Å². The molecule has 0 spiro atoms. The van der Waals surface area contributed by atoms with Crippen molar-refractivity contribution in [3.63, 3.8) is 0 Å². The SMILES string of the molecule is O=C1OC(c2cccc(Br)c2)=N/C1=C\c1ccc(OCc2ccccc2)c(OCc2ccccc2)c1. The molecule has 5 rings (SSSR count). The minimum absolute atomic E-state index is 0.219. The predicted octanol–water partition coefficient (Wildman–Crippen LogP) is 6.95. The highest BCUT2D eigenvalue weighted by Gasteiger charge is 2.24. The number of carbonyl (C=O) groups excluding carboxylic acids is 1. The summed E-state index contributed by atoms with van der Waals surface area (Å²) in [6.07, 6.45) is 1.68. The molecule has 178 valence electrons. The van der Waals surface area contributed by atoms with Gasteiger partial charge in [0.25, 0.3) is 0 Å². The van der Waals surface area contributed by atoms with E-state index in [0.29, 0.717) is 24.7 Å². The summed E-state index contributed by atoms with van der Waals surface area (Å²) < 4.78 is 18.5. The summed E-state index contributed by atoms with van der Waals surface area (Å²) in [7, 11) is 0. The van der Waals surface area contributed by atoms with Gasteiger partial charge in [-0.05, 0) is 53.1 Å². The van der Waals surface area contributed by atoms with Crippen LogP contribution in [0.2, 0.25) is 0 Å². The molecule has 0 N–H and O–H groups in total. The number of hydrogen-bond donors (Lipinski definition) is 0. The van der Waals surface area contributed by atoms with Crippen molar-refractivity contribution >= 4 is 33.9 Å². The second kappa shape index (κ2) is 11.1. The Balaban J connectivity index is 1.41. The quantitative estimate of drug-likeness (QED) is 0.179. The second-order valence-electron chi connectivity index (χ2n) is 8.10. The number of hydrogen-bond acceptors (Lipinski definition) is 5. The van der Waals surface area contributed by atoms with Gasteiger partial charge >= 0.3 is 5.97 Å². The van der Waals surface area contributed by atoms with Crippen molar-refractivity contribution in [2.45, 2.75) is 13.2 Å². The number of ether oxygens (including phenoxy) is 3. The van der Waals surface area contributed by atoms with Gasteiger partial charge in [0.2, 0.25) is 5.90 Å². The Morgan fingerprint density at radius 2 is 1.42 bits per heavy atom.